The molecule has 0 atom stereocenters. The zero-order chi connectivity index (χ0) is 23.2. The van der Waals surface area contributed by atoms with Gasteiger partial charge in [-0.25, -0.2) is 4.39 Å². The van der Waals surface area contributed by atoms with Crippen molar-refractivity contribution in [2.75, 3.05) is 14.2 Å². The summed E-state index contributed by atoms with van der Waals surface area (Å²) in [4.78, 5) is 0.908. The van der Waals surface area contributed by atoms with Gasteiger partial charge in [0, 0.05) is 17.1 Å². The molecular weight excluding hydrogens is 439 g/mol. The standard InChI is InChI=1S/C25H21FN4O2S/c1-28-30-29-23(27)14-5-16-3-10-19(11-4-16)32-24-21-13-12-20(31-2)15-22(21)33-25(24)17-6-8-18(26)9-7-17/h3-15H,1-2H3,(H2,27,28,29)/b14-5+. The predicted octanol–water partition coefficient (Wildman–Crippen LogP) is 7.09. The number of benzene rings is 3. The minimum absolute atomic E-state index is 0.0359. The zero-order valence-electron chi connectivity index (χ0n) is 18.0. The number of thiophene rings is 1. The maximum atomic E-state index is 13.5. The second kappa shape index (κ2) is 10.1. The average Bonchev–Trinajstić information content (AvgIpc) is 3.20. The lowest BCUT2D eigenvalue weighted by molar-refractivity contribution is 0.415. The first-order chi connectivity index (χ1) is 16.1. The van der Waals surface area contributed by atoms with Crippen LogP contribution in [0.3, 0.4) is 0 Å². The molecule has 0 aliphatic rings. The second-order valence-electron chi connectivity index (χ2n) is 6.94. The van der Waals surface area contributed by atoms with Crippen molar-refractivity contribution in [3.05, 3.63) is 84.2 Å². The molecule has 0 bridgehead atoms. The Balaban J connectivity index is 1.65. The number of amidine groups is 1. The lowest BCUT2D eigenvalue weighted by Gasteiger charge is -2.09. The molecule has 0 saturated heterocycles. The first-order valence-electron chi connectivity index (χ1n) is 10.1. The minimum atomic E-state index is -0.284. The van der Waals surface area contributed by atoms with Gasteiger partial charge in [0.25, 0.3) is 0 Å². The molecule has 0 aliphatic carbocycles. The number of hydrogen-bond donors (Lipinski definition) is 2. The van der Waals surface area contributed by atoms with Gasteiger partial charge in [-0.3, -0.25) is 10.8 Å². The third-order valence-corrected chi connectivity index (χ3v) is 5.93. The van der Waals surface area contributed by atoms with E-state index in [1.807, 2.05) is 42.5 Å². The van der Waals surface area contributed by atoms with E-state index in [0.717, 1.165) is 31.8 Å². The quantitative estimate of drug-likeness (QED) is 0.134. The lowest BCUT2D eigenvalue weighted by Crippen LogP contribution is -1.93. The molecule has 33 heavy (non-hydrogen) atoms. The summed E-state index contributed by atoms with van der Waals surface area (Å²) in [5.41, 5.74) is 4.27. The maximum absolute atomic E-state index is 13.5. The molecule has 166 valence electrons. The predicted molar refractivity (Wildman–Crippen MR) is 131 cm³/mol. The minimum Gasteiger partial charge on any atom is -0.497 e. The van der Waals surface area contributed by atoms with E-state index in [1.165, 1.54) is 12.1 Å². The average molecular weight is 461 g/mol. The normalized spacial score (nSPS) is 11.4. The van der Waals surface area contributed by atoms with Crippen LogP contribution in [0.25, 0.3) is 26.6 Å². The van der Waals surface area contributed by atoms with Gasteiger partial charge >= 0.3 is 0 Å². The molecule has 4 rings (SSSR count). The molecule has 6 nitrogen and oxygen atoms in total. The van der Waals surface area contributed by atoms with Gasteiger partial charge in [0.1, 0.15) is 17.3 Å². The highest BCUT2D eigenvalue weighted by Gasteiger charge is 2.17. The van der Waals surface area contributed by atoms with Crippen LogP contribution in [0, 0.1) is 11.2 Å². The third-order valence-electron chi connectivity index (χ3n) is 4.75. The van der Waals surface area contributed by atoms with E-state index in [4.69, 9.17) is 14.9 Å². The molecule has 8 heteroatoms. The molecule has 1 aromatic heterocycles. The summed E-state index contributed by atoms with van der Waals surface area (Å²) in [7, 11) is 3.25. The molecule has 0 unspecified atom stereocenters. The molecule has 3 aromatic carbocycles. The molecule has 4 aromatic rings. The molecular formula is C25H21FN4O2S. The fourth-order valence-corrected chi connectivity index (χ4v) is 4.31. The Hall–Kier alpha value is -4.04. The van der Waals surface area contributed by atoms with E-state index in [-0.39, 0.29) is 11.7 Å². The summed E-state index contributed by atoms with van der Waals surface area (Å²) < 4.78 is 26.2. The van der Waals surface area contributed by atoms with Crippen LogP contribution in [0.2, 0.25) is 0 Å². The van der Waals surface area contributed by atoms with E-state index in [0.29, 0.717) is 11.5 Å². The van der Waals surface area contributed by atoms with Gasteiger partial charge in [-0.15, -0.1) is 16.5 Å². The molecule has 0 aliphatic heterocycles. The summed E-state index contributed by atoms with van der Waals surface area (Å²) in [6.45, 7) is 0. The second-order valence-corrected chi connectivity index (χ2v) is 7.99. The van der Waals surface area contributed by atoms with Gasteiger partial charge in [0.2, 0.25) is 0 Å². The number of halogens is 1. The van der Waals surface area contributed by atoms with E-state index < -0.39 is 0 Å². The summed E-state index contributed by atoms with van der Waals surface area (Å²) in [5, 5.41) is 15.9. The van der Waals surface area contributed by atoms with Gasteiger partial charge in [-0.1, -0.05) is 35.6 Å². The highest BCUT2D eigenvalue weighted by Crippen LogP contribution is 2.47. The monoisotopic (exact) mass is 460 g/mol. The van der Waals surface area contributed by atoms with Crippen molar-refractivity contribution in [1.29, 1.82) is 5.41 Å². The maximum Gasteiger partial charge on any atom is 0.168 e. The smallest absolute Gasteiger partial charge is 0.168 e. The van der Waals surface area contributed by atoms with Crippen molar-refractivity contribution in [3.63, 3.8) is 0 Å². The fourth-order valence-electron chi connectivity index (χ4n) is 3.15. The first-order valence-corrected chi connectivity index (χ1v) is 10.9. The molecule has 0 spiro atoms. The Morgan fingerprint density at radius 2 is 1.76 bits per heavy atom. The molecule has 1 heterocycles. The lowest BCUT2D eigenvalue weighted by atomic mass is 10.1. The van der Waals surface area contributed by atoms with Gasteiger partial charge in [-0.2, -0.15) is 0 Å². The number of ether oxygens (including phenoxy) is 2. The van der Waals surface area contributed by atoms with Crippen LogP contribution in [0.5, 0.6) is 17.2 Å². The number of rotatable bonds is 7. The van der Waals surface area contributed by atoms with Crippen LogP contribution in [-0.2, 0) is 0 Å². The van der Waals surface area contributed by atoms with Crippen LogP contribution in [0.15, 0.2) is 83.1 Å². The number of fused-ring (bicyclic) bond motifs is 1. The highest BCUT2D eigenvalue weighted by atomic mass is 32.1. The molecule has 0 amide bonds. The van der Waals surface area contributed by atoms with Gasteiger partial charge in [-0.05, 0) is 59.7 Å². The Morgan fingerprint density at radius 3 is 2.45 bits per heavy atom. The van der Waals surface area contributed by atoms with Crippen molar-refractivity contribution in [3.8, 4) is 27.7 Å². The largest absolute Gasteiger partial charge is 0.497 e. The number of nitrogens with one attached hydrogen (secondary N) is 2. The Bertz CT molecular complexity index is 1330. The fraction of sp³-hybridized carbons (Fsp3) is 0.0800. The summed E-state index contributed by atoms with van der Waals surface area (Å²) in [6.07, 6.45) is 3.33. The van der Waals surface area contributed by atoms with Crippen molar-refractivity contribution in [2.45, 2.75) is 0 Å². The topological polar surface area (TPSA) is 79.1 Å². The van der Waals surface area contributed by atoms with Crippen LogP contribution in [-0.4, -0.2) is 20.0 Å². The van der Waals surface area contributed by atoms with E-state index in [1.54, 1.807) is 49.8 Å². The Kier molecular flexibility index (Phi) is 6.75. The highest BCUT2D eigenvalue weighted by molar-refractivity contribution is 7.22. The van der Waals surface area contributed by atoms with Crippen molar-refractivity contribution in [1.82, 2.24) is 5.43 Å². The van der Waals surface area contributed by atoms with E-state index in [9.17, 15) is 4.39 Å². The van der Waals surface area contributed by atoms with Gasteiger partial charge < -0.3 is 9.47 Å². The van der Waals surface area contributed by atoms with Crippen LogP contribution in [0.4, 0.5) is 4.39 Å². The molecule has 0 radical (unpaired) electrons. The number of hydrogen-bond acceptors (Lipinski definition) is 5. The van der Waals surface area contributed by atoms with Crippen LogP contribution >= 0.6 is 11.3 Å². The van der Waals surface area contributed by atoms with E-state index in [2.05, 4.69) is 15.8 Å². The molecule has 0 saturated carbocycles. The zero-order valence-corrected chi connectivity index (χ0v) is 18.8. The van der Waals surface area contributed by atoms with Gasteiger partial charge in [0.15, 0.2) is 11.6 Å². The summed E-state index contributed by atoms with van der Waals surface area (Å²) in [5.74, 6) is 1.89. The third kappa shape index (κ3) is 5.24. The van der Waals surface area contributed by atoms with Gasteiger partial charge in [0.05, 0.1) is 12.0 Å². The number of methoxy groups -OCH3 is 1. The summed E-state index contributed by atoms with van der Waals surface area (Å²) >= 11 is 1.57. The Morgan fingerprint density at radius 1 is 1.03 bits per heavy atom. The van der Waals surface area contributed by atoms with E-state index >= 15 is 0 Å². The van der Waals surface area contributed by atoms with Crippen molar-refractivity contribution < 1.29 is 13.9 Å². The van der Waals surface area contributed by atoms with Crippen molar-refractivity contribution in [2.24, 2.45) is 10.3 Å². The first kappa shape index (κ1) is 22.2. The van der Waals surface area contributed by atoms with Crippen LogP contribution < -0.4 is 14.9 Å². The number of nitrogens with zero attached hydrogens (tertiary/aromatic N) is 2. The van der Waals surface area contributed by atoms with Crippen LogP contribution in [0.1, 0.15) is 5.56 Å². The molecule has 0 fully saturated rings. The Labute approximate surface area is 194 Å². The molecule has 2 N–H and O–H groups in total. The summed E-state index contributed by atoms with van der Waals surface area (Å²) in [6, 6.07) is 19.7. The SMILES string of the molecule is CN/N=N\C(=N)/C=C/c1ccc(Oc2c(-c3ccc(F)cc3)sc3cc(OC)ccc23)cc1. The van der Waals surface area contributed by atoms with Crippen molar-refractivity contribution >= 4 is 33.3 Å².